The maximum Gasteiger partial charge on any atom is 0.105 e. The van der Waals surface area contributed by atoms with Crippen molar-refractivity contribution in [2.45, 2.75) is 6.42 Å². The Morgan fingerprint density at radius 3 is 3.31 bits per heavy atom. The summed E-state index contributed by atoms with van der Waals surface area (Å²) in [5.74, 6) is 2.05. The first-order valence-electron chi connectivity index (χ1n) is 5.03. The van der Waals surface area contributed by atoms with Crippen molar-refractivity contribution in [2.75, 3.05) is 19.6 Å². The van der Waals surface area contributed by atoms with E-state index < -0.39 is 0 Å². The highest BCUT2D eigenvalue weighted by molar-refractivity contribution is 5.38. The van der Waals surface area contributed by atoms with Gasteiger partial charge in [0.15, 0.2) is 0 Å². The van der Waals surface area contributed by atoms with Crippen molar-refractivity contribution < 1.29 is 0 Å². The third-order valence-corrected chi connectivity index (χ3v) is 3.10. The molecule has 0 saturated carbocycles. The van der Waals surface area contributed by atoms with Crippen molar-refractivity contribution in [3.8, 4) is 0 Å². The zero-order valence-corrected chi connectivity index (χ0v) is 7.66. The fraction of sp³-hybridized carbons (Fsp3) is 0.455. The van der Waals surface area contributed by atoms with Gasteiger partial charge in [-0.25, -0.2) is 0 Å². The van der Waals surface area contributed by atoms with Gasteiger partial charge in [-0.3, -0.25) is 0 Å². The van der Waals surface area contributed by atoms with Crippen LogP contribution < -0.4 is 5.32 Å². The van der Waals surface area contributed by atoms with Gasteiger partial charge in [-0.05, 0) is 12.0 Å². The molecule has 2 heterocycles. The van der Waals surface area contributed by atoms with E-state index in [4.69, 9.17) is 0 Å². The first-order chi connectivity index (χ1) is 6.45. The number of allylic oxidation sites excluding steroid dienone is 5. The summed E-state index contributed by atoms with van der Waals surface area (Å²) >= 11 is 0. The molecule has 1 atom stereocenters. The smallest absolute Gasteiger partial charge is 0.105 e. The summed E-state index contributed by atoms with van der Waals surface area (Å²) in [5.41, 5.74) is 1.49. The van der Waals surface area contributed by atoms with Gasteiger partial charge in [-0.1, -0.05) is 24.3 Å². The van der Waals surface area contributed by atoms with E-state index in [0.717, 1.165) is 6.54 Å². The fourth-order valence-corrected chi connectivity index (χ4v) is 2.43. The molecule has 0 spiro atoms. The van der Waals surface area contributed by atoms with Gasteiger partial charge in [0.1, 0.15) is 5.82 Å². The Morgan fingerprint density at radius 1 is 1.31 bits per heavy atom. The Kier molecular flexibility index (Phi) is 1.48. The largest absolute Gasteiger partial charge is 0.370 e. The second-order valence-electron chi connectivity index (χ2n) is 3.86. The number of hydrogen-bond donors (Lipinski definition) is 1. The molecule has 3 aliphatic rings. The van der Waals surface area contributed by atoms with Gasteiger partial charge in [-0.15, -0.1) is 0 Å². The van der Waals surface area contributed by atoms with E-state index in [1.165, 1.54) is 30.9 Å². The average molecular weight is 174 g/mol. The van der Waals surface area contributed by atoms with Gasteiger partial charge in [-0.2, -0.15) is 0 Å². The molecule has 3 rings (SSSR count). The lowest BCUT2D eigenvalue weighted by Gasteiger charge is -2.31. The lowest BCUT2D eigenvalue weighted by molar-refractivity contribution is 0.341. The van der Waals surface area contributed by atoms with Crippen LogP contribution in [0.3, 0.4) is 0 Å². The SMILES string of the molecule is C1=CC2=C3NCCN3CCC2C=C1. The Bertz CT molecular complexity index is 312. The minimum Gasteiger partial charge on any atom is -0.370 e. The van der Waals surface area contributed by atoms with Crippen molar-refractivity contribution in [2.24, 2.45) is 5.92 Å². The molecule has 13 heavy (non-hydrogen) atoms. The third-order valence-electron chi connectivity index (χ3n) is 3.10. The van der Waals surface area contributed by atoms with Gasteiger partial charge in [0.25, 0.3) is 0 Å². The van der Waals surface area contributed by atoms with Gasteiger partial charge in [0.2, 0.25) is 0 Å². The highest BCUT2D eigenvalue weighted by Gasteiger charge is 2.28. The molecular formula is C11H14N2. The molecule has 0 bridgehead atoms. The molecule has 2 aliphatic heterocycles. The lowest BCUT2D eigenvalue weighted by Crippen LogP contribution is -2.30. The Labute approximate surface area is 78.6 Å². The number of rotatable bonds is 0. The molecular weight excluding hydrogens is 160 g/mol. The predicted molar refractivity (Wildman–Crippen MR) is 53.0 cm³/mol. The van der Waals surface area contributed by atoms with Crippen LogP contribution in [0.25, 0.3) is 0 Å². The molecule has 1 N–H and O–H groups in total. The summed E-state index contributed by atoms with van der Waals surface area (Å²) in [6.45, 7) is 3.51. The normalized spacial score (nSPS) is 30.2. The Hall–Kier alpha value is -1.18. The zero-order valence-electron chi connectivity index (χ0n) is 7.66. The number of nitrogens with zero attached hydrogens (tertiary/aromatic N) is 1. The number of fused-ring (bicyclic) bond motifs is 2. The van der Waals surface area contributed by atoms with Gasteiger partial charge in [0.05, 0.1) is 0 Å². The third kappa shape index (κ3) is 1.01. The Balaban J connectivity index is 2.05. The standard InChI is InChI=1S/C11H14N2/c1-2-4-10-9(3-1)5-7-13-8-6-12-11(10)13/h1-4,9,12H,5-8H2. The first kappa shape index (κ1) is 7.25. The lowest BCUT2D eigenvalue weighted by atomic mass is 9.89. The van der Waals surface area contributed by atoms with Crippen molar-refractivity contribution in [1.29, 1.82) is 0 Å². The molecule has 0 aromatic heterocycles. The molecule has 0 amide bonds. The fourth-order valence-electron chi connectivity index (χ4n) is 2.43. The Morgan fingerprint density at radius 2 is 2.31 bits per heavy atom. The van der Waals surface area contributed by atoms with Gasteiger partial charge in [0, 0.05) is 25.6 Å². The predicted octanol–water partition coefficient (Wildman–Crippen LogP) is 1.25. The molecule has 2 heteroatoms. The summed E-state index contributed by atoms with van der Waals surface area (Å²) < 4.78 is 0. The molecule has 1 aliphatic carbocycles. The molecule has 2 nitrogen and oxygen atoms in total. The second kappa shape index (κ2) is 2.66. The van der Waals surface area contributed by atoms with Crippen LogP contribution in [-0.2, 0) is 0 Å². The van der Waals surface area contributed by atoms with E-state index in [-0.39, 0.29) is 0 Å². The van der Waals surface area contributed by atoms with Crippen LogP contribution in [0, 0.1) is 5.92 Å². The van der Waals surface area contributed by atoms with Crippen molar-refractivity contribution in [1.82, 2.24) is 10.2 Å². The summed E-state index contributed by atoms with van der Waals surface area (Å²) in [7, 11) is 0. The van der Waals surface area contributed by atoms with Gasteiger partial charge < -0.3 is 10.2 Å². The van der Waals surface area contributed by atoms with E-state index >= 15 is 0 Å². The van der Waals surface area contributed by atoms with Crippen LogP contribution in [0.2, 0.25) is 0 Å². The minimum atomic E-state index is 0.668. The zero-order chi connectivity index (χ0) is 8.67. The molecule has 0 aromatic carbocycles. The molecule has 1 fully saturated rings. The molecule has 0 radical (unpaired) electrons. The topological polar surface area (TPSA) is 15.3 Å². The van der Waals surface area contributed by atoms with Crippen molar-refractivity contribution in [3.05, 3.63) is 35.7 Å². The maximum atomic E-state index is 3.48. The summed E-state index contributed by atoms with van der Waals surface area (Å²) in [6.07, 6.45) is 10.2. The maximum absolute atomic E-state index is 3.48. The van der Waals surface area contributed by atoms with E-state index in [0.29, 0.717) is 5.92 Å². The monoisotopic (exact) mass is 174 g/mol. The average Bonchev–Trinajstić information content (AvgIpc) is 2.65. The van der Waals surface area contributed by atoms with Crippen LogP contribution in [0.4, 0.5) is 0 Å². The van der Waals surface area contributed by atoms with E-state index in [2.05, 4.69) is 34.5 Å². The van der Waals surface area contributed by atoms with Crippen LogP contribution in [0.15, 0.2) is 35.7 Å². The first-order valence-corrected chi connectivity index (χ1v) is 5.03. The molecule has 1 saturated heterocycles. The van der Waals surface area contributed by atoms with E-state index in [1.807, 2.05) is 0 Å². The van der Waals surface area contributed by atoms with E-state index in [1.54, 1.807) is 0 Å². The highest BCUT2D eigenvalue weighted by atomic mass is 15.3. The highest BCUT2D eigenvalue weighted by Crippen LogP contribution is 2.31. The number of nitrogens with one attached hydrogen (secondary N) is 1. The van der Waals surface area contributed by atoms with Crippen LogP contribution in [0.5, 0.6) is 0 Å². The molecule has 0 aromatic rings. The number of hydrogen-bond acceptors (Lipinski definition) is 2. The van der Waals surface area contributed by atoms with Crippen LogP contribution >= 0.6 is 0 Å². The molecule has 1 unspecified atom stereocenters. The second-order valence-corrected chi connectivity index (χ2v) is 3.86. The summed E-state index contributed by atoms with van der Waals surface area (Å²) in [6, 6.07) is 0. The quantitative estimate of drug-likeness (QED) is 0.594. The van der Waals surface area contributed by atoms with E-state index in [9.17, 15) is 0 Å². The summed E-state index contributed by atoms with van der Waals surface area (Å²) in [5, 5.41) is 3.48. The van der Waals surface area contributed by atoms with Crippen molar-refractivity contribution in [3.63, 3.8) is 0 Å². The summed E-state index contributed by atoms with van der Waals surface area (Å²) in [4.78, 5) is 2.47. The molecule has 68 valence electrons. The minimum absolute atomic E-state index is 0.668. The van der Waals surface area contributed by atoms with Crippen molar-refractivity contribution >= 4 is 0 Å². The van der Waals surface area contributed by atoms with Gasteiger partial charge >= 0.3 is 0 Å². The van der Waals surface area contributed by atoms with Crippen LogP contribution in [-0.4, -0.2) is 24.5 Å². The van der Waals surface area contributed by atoms with Crippen LogP contribution in [0.1, 0.15) is 6.42 Å².